The van der Waals surface area contributed by atoms with Gasteiger partial charge in [0.05, 0.1) is 0 Å². The van der Waals surface area contributed by atoms with Crippen LogP contribution in [0.25, 0.3) is 0 Å². The number of nitrogens with two attached hydrogens (primary N) is 1. The Labute approximate surface area is 358 Å². The molecule has 0 aliphatic heterocycles. The van der Waals surface area contributed by atoms with Crippen molar-refractivity contribution in [1.29, 1.82) is 0 Å². The highest BCUT2D eigenvalue weighted by molar-refractivity contribution is 4.84. The molecular weight excluding hydrogens is 675 g/mol. The van der Waals surface area contributed by atoms with Crippen molar-refractivity contribution < 1.29 is 0 Å². The standard InChI is InChI=1S/C55H113N/c1-4-7-10-13-16-19-22-25-28-31-34-37-40-43-46-49-52-55(56,53-50-47-44-41-38-35-32-29-26-23-20-17-14-11-8-5-2)54-51-48-45-42-39-36-33-30-27-24-21-18-15-12-9-6-3/h4-54,56H2,1-3H3. The van der Waals surface area contributed by atoms with Gasteiger partial charge in [0, 0.05) is 5.54 Å². The lowest BCUT2D eigenvalue weighted by molar-refractivity contribution is 0.302. The molecule has 0 fully saturated rings. The first kappa shape index (κ1) is 56.0. The van der Waals surface area contributed by atoms with Gasteiger partial charge in [-0.1, -0.05) is 329 Å². The molecule has 0 saturated carbocycles. The van der Waals surface area contributed by atoms with Gasteiger partial charge in [0.15, 0.2) is 0 Å². The first-order valence-electron chi connectivity index (χ1n) is 27.5. The zero-order valence-corrected chi connectivity index (χ0v) is 40.1. The minimum atomic E-state index is 0.113. The smallest absolute Gasteiger partial charge is 0.0154 e. The minimum absolute atomic E-state index is 0.113. The fraction of sp³-hybridized carbons (Fsp3) is 1.00. The van der Waals surface area contributed by atoms with E-state index in [9.17, 15) is 0 Å². The summed E-state index contributed by atoms with van der Waals surface area (Å²) in [5, 5.41) is 0. The molecule has 0 bridgehead atoms. The van der Waals surface area contributed by atoms with Crippen LogP contribution in [0.5, 0.6) is 0 Å². The Morgan fingerprint density at radius 3 is 0.411 bits per heavy atom. The monoisotopic (exact) mass is 788 g/mol. The molecule has 0 atom stereocenters. The van der Waals surface area contributed by atoms with Crippen LogP contribution in [0.3, 0.4) is 0 Å². The summed E-state index contributed by atoms with van der Waals surface area (Å²) in [6.07, 6.45) is 73.4. The van der Waals surface area contributed by atoms with Crippen LogP contribution in [0.2, 0.25) is 0 Å². The second kappa shape index (κ2) is 49.3. The first-order chi connectivity index (χ1) is 27.7. The maximum Gasteiger partial charge on any atom is 0.0154 e. The lowest BCUT2D eigenvalue weighted by Gasteiger charge is -2.30. The molecule has 0 amide bonds. The van der Waals surface area contributed by atoms with E-state index in [1.165, 1.54) is 327 Å². The molecule has 1 nitrogen and oxygen atoms in total. The fourth-order valence-corrected chi connectivity index (χ4v) is 9.45. The third-order valence-corrected chi connectivity index (χ3v) is 13.6. The number of hydrogen-bond acceptors (Lipinski definition) is 1. The van der Waals surface area contributed by atoms with Crippen molar-refractivity contribution in [3.05, 3.63) is 0 Å². The van der Waals surface area contributed by atoms with Crippen molar-refractivity contribution >= 4 is 0 Å². The Morgan fingerprint density at radius 2 is 0.286 bits per heavy atom. The highest BCUT2D eigenvalue weighted by Crippen LogP contribution is 2.27. The van der Waals surface area contributed by atoms with Crippen LogP contribution in [0, 0.1) is 0 Å². The SMILES string of the molecule is CCCCCCCCCCCCCCCCCCC(N)(CCCCCCCCCCCCCCCCCC)CCCCCCCCCCCCCCCCCC. The highest BCUT2D eigenvalue weighted by atomic mass is 14.7. The van der Waals surface area contributed by atoms with E-state index in [1.807, 2.05) is 0 Å². The van der Waals surface area contributed by atoms with Gasteiger partial charge in [0.2, 0.25) is 0 Å². The van der Waals surface area contributed by atoms with Crippen molar-refractivity contribution in [2.24, 2.45) is 5.73 Å². The van der Waals surface area contributed by atoms with Gasteiger partial charge < -0.3 is 5.73 Å². The van der Waals surface area contributed by atoms with E-state index in [1.54, 1.807) is 0 Å². The molecule has 0 aromatic carbocycles. The van der Waals surface area contributed by atoms with Crippen LogP contribution in [-0.4, -0.2) is 5.54 Å². The van der Waals surface area contributed by atoms with Gasteiger partial charge in [-0.05, 0) is 19.3 Å². The Morgan fingerprint density at radius 1 is 0.179 bits per heavy atom. The molecule has 0 spiro atoms. The lowest BCUT2D eigenvalue weighted by atomic mass is 9.82. The van der Waals surface area contributed by atoms with E-state index in [-0.39, 0.29) is 5.54 Å². The molecular formula is C55H113N. The maximum absolute atomic E-state index is 7.28. The molecule has 56 heavy (non-hydrogen) atoms. The van der Waals surface area contributed by atoms with Gasteiger partial charge in [-0.3, -0.25) is 0 Å². The van der Waals surface area contributed by atoms with Crippen molar-refractivity contribution in [2.75, 3.05) is 0 Å². The molecule has 0 aliphatic rings. The molecule has 1 heteroatoms. The molecule has 0 rings (SSSR count). The van der Waals surface area contributed by atoms with Gasteiger partial charge in [0.25, 0.3) is 0 Å². The molecule has 0 aromatic rings. The molecule has 0 radical (unpaired) electrons. The van der Waals surface area contributed by atoms with Crippen LogP contribution < -0.4 is 5.73 Å². The summed E-state index contributed by atoms with van der Waals surface area (Å²) in [6.45, 7) is 6.95. The van der Waals surface area contributed by atoms with E-state index in [4.69, 9.17) is 5.73 Å². The predicted molar refractivity (Wildman–Crippen MR) is 259 cm³/mol. The summed E-state index contributed by atoms with van der Waals surface area (Å²) in [5.41, 5.74) is 7.39. The van der Waals surface area contributed by atoms with Crippen LogP contribution in [0.15, 0.2) is 0 Å². The molecule has 0 saturated heterocycles. The normalized spacial score (nSPS) is 12.0. The lowest BCUT2D eigenvalue weighted by Crippen LogP contribution is -2.39. The largest absolute Gasteiger partial charge is 0.325 e. The number of rotatable bonds is 51. The van der Waals surface area contributed by atoms with E-state index >= 15 is 0 Å². The Balaban J connectivity index is 4.08. The Hall–Kier alpha value is -0.0400. The number of hydrogen-bond donors (Lipinski definition) is 1. The Kier molecular flexibility index (Phi) is 49.3. The molecule has 338 valence electrons. The summed E-state index contributed by atoms with van der Waals surface area (Å²) < 4.78 is 0. The third-order valence-electron chi connectivity index (χ3n) is 13.6. The van der Waals surface area contributed by atoms with Gasteiger partial charge in [-0.15, -0.1) is 0 Å². The second-order valence-electron chi connectivity index (χ2n) is 19.5. The first-order valence-corrected chi connectivity index (χ1v) is 27.5. The molecule has 0 heterocycles. The molecule has 0 aromatic heterocycles. The molecule has 2 N–H and O–H groups in total. The van der Waals surface area contributed by atoms with E-state index in [0.29, 0.717) is 0 Å². The second-order valence-corrected chi connectivity index (χ2v) is 19.5. The summed E-state index contributed by atoms with van der Waals surface area (Å²) in [4.78, 5) is 0. The predicted octanol–water partition coefficient (Wildman–Crippen LogP) is 20.6. The van der Waals surface area contributed by atoms with Crippen LogP contribution in [0.4, 0.5) is 0 Å². The highest BCUT2D eigenvalue weighted by Gasteiger charge is 2.23. The summed E-state index contributed by atoms with van der Waals surface area (Å²) in [7, 11) is 0. The third kappa shape index (κ3) is 46.6. The number of unbranched alkanes of at least 4 members (excludes halogenated alkanes) is 45. The van der Waals surface area contributed by atoms with E-state index < -0.39 is 0 Å². The summed E-state index contributed by atoms with van der Waals surface area (Å²) in [6, 6.07) is 0. The molecule has 0 aliphatic carbocycles. The van der Waals surface area contributed by atoms with Crippen molar-refractivity contribution in [3.8, 4) is 0 Å². The van der Waals surface area contributed by atoms with Gasteiger partial charge in [0.1, 0.15) is 0 Å². The molecule has 0 unspecified atom stereocenters. The van der Waals surface area contributed by atoms with Crippen LogP contribution >= 0.6 is 0 Å². The van der Waals surface area contributed by atoms with E-state index in [0.717, 1.165) is 0 Å². The van der Waals surface area contributed by atoms with Gasteiger partial charge in [-0.25, -0.2) is 0 Å². The van der Waals surface area contributed by atoms with Gasteiger partial charge in [-0.2, -0.15) is 0 Å². The summed E-state index contributed by atoms with van der Waals surface area (Å²) >= 11 is 0. The van der Waals surface area contributed by atoms with Crippen molar-refractivity contribution in [2.45, 2.75) is 354 Å². The van der Waals surface area contributed by atoms with Gasteiger partial charge >= 0.3 is 0 Å². The van der Waals surface area contributed by atoms with Crippen molar-refractivity contribution in [1.82, 2.24) is 0 Å². The average Bonchev–Trinajstić information content (AvgIpc) is 3.20. The summed E-state index contributed by atoms with van der Waals surface area (Å²) in [5.74, 6) is 0. The topological polar surface area (TPSA) is 26.0 Å². The zero-order chi connectivity index (χ0) is 40.6. The maximum atomic E-state index is 7.28. The van der Waals surface area contributed by atoms with E-state index in [2.05, 4.69) is 20.8 Å². The van der Waals surface area contributed by atoms with Crippen molar-refractivity contribution in [3.63, 3.8) is 0 Å². The minimum Gasteiger partial charge on any atom is -0.325 e. The van der Waals surface area contributed by atoms with Crippen LogP contribution in [-0.2, 0) is 0 Å². The quantitative estimate of drug-likeness (QED) is 0.0611. The van der Waals surface area contributed by atoms with Crippen LogP contribution in [0.1, 0.15) is 348 Å². The average molecular weight is 789 g/mol. The fourth-order valence-electron chi connectivity index (χ4n) is 9.45. The Bertz CT molecular complexity index is 582. The zero-order valence-electron chi connectivity index (χ0n) is 40.1.